The molecule has 0 radical (unpaired) electrons. The summed E-state index contributed by atoms with van der Waals surface area (Å²) in [7, 11) is 0. The Morgan fingerprint density at radius 1 is 0.422 bits per heavy atom. The summed E-state index contributed by atoms with van der Waals surface area (Å²) in [4.78, 5) is 24.5. The van der Waals surface area contributed by atoms with Crippen molar-refractivity contribution in [2.24, 2.45) is 0 Å². The zero-order valence-electron chi connectivity index (χ0n) is 43.3. The lowest BCUT2D eigenvalue weighted by Gasteiger charge is -2.20. The Labute approximate surface area is 399 Å². The van der Waals surface area contributed by atoms with Crippen molar-refractivity contribution >= 4 is 11.9 Å². The van der Waals surface area contributed by atoms with Crippen LogP contribution >= 0.6 is 0 Å². The molecule has 0 aromatic heterocycles. The van der Waals surface area contributed by atoms with Crippen molar-refractivity contribution < 1.29 is 24.5 Å². The Morgan fingerprint density at radius 3 is 1.06 bits per heavy atom. The molecule has 64 heavy (non-hydrogen) atoms. The molecule has 0 saturated heterocycles. The highest BCUT2D eigenvalue weighted by Crippen LogP contribution is 2.17. The molecule has 6 nitrogen and oxygen atoms in total. The SMILES string of the molecule is CCCCCCCCCC/C=C/C(O)C(CO)NC(=O)CCCCCCCCCCCCCCCCCCCCCCCOC(=O)CCCCCCCCCCCCCCCCCC. The minimum Gasteiger partial charge on any atom is -0.466 e. The van der Waals surface area contributed by atoms with Gasteiger partial charge in [-0.3, -0.25) is 9.59 Å². The van der Waals surface area contributed by atoms with Crippen molar-refractivity contribution in [1.29, 1.82) is 0 Å². The minimum atomic E-state index is -0.842. The summed E-state index contributed by atoms with van der Waals surface area (Å²) in [6.45, 7) is 4.90. The molecule has 0 aliphatic heterocycles. The number of aliphatic hydroxyl groups excluding tert-OH is 2. The second-order valence-corrected chi connectivity index (χ2v) is 20.0. The molecular weight excluding hydrogens is 791 g/mol. The van der Waals surface area contributed by atoms with Crippen molar-refractivity contribution in [3.05, 3.63) is 12.2 Å². The smallest absolute Gasteiger partial charge is 0.305 e. The molecule has 3 N–H and O–H groups in total. The highest BCUT2D eigenvalue weighted by Gasteiger charge is 2.18. The number of allylic oxidation sites excluding steroid dienone is 1. The summed E-state index contributed by atoms with van der Waals surface area (Å²) in [6.07, 6.45) is 63.9. The predicted molar refractivity (Wildman–Crippen MR) is 278 cm³/mol. The molecule has 0 spiro atoms. The van der Waals surface area contributed by atoms with Gasteiger partial charge in [-0.25, -0.2) is 0 Å². The van der Waals surface area contributed by atoms with Crippen LogP contribution in [0.2, 0.25) is 0 Å². The fourth-order valence-electron chi connectivity index (χ4n) is 9.11. The van der Waals surface area contributed by atoms with Crippen LogP contribution in [-0.4, -0.2) is 47.4 Å². The molecule has 0 saturated carbocycles. The third kappa shape index (κ3) is 50.0. The Hall–Kier alpha value is -1.40. The van der Waals surface area contributed by atoms with E-state index in [1.807, 2.05) is 6.08 Å². The van der Waals surface area contributed by atoms with Gasteiger partial charge in [-0.15, -0.1) is 0 Å². The Balaban J connectivity index is 3.35. The maximum atomic E-state index is 12.4. The summed E-state index contributed by atoms with van der Waals surface area (Å²) in [5, 5.41) is 23.0. The Morgan fingerprint density at radius 2 is 0.719 bits per heavy atom. The number of hydrogen-bond donors (Lipinski definition) is 3. The second kappa shape index (κ2) is 54.2. The van der Waals surface area contributed by atoms with Crippen molar-refractivity contribution in [2.75, 3.05) is 13.2 Å². The molecule has 0 aromatic rings. The van der Waals surface area contributed by atoms with Gasteiger partial charge < -0.3 is 20.3 Å². The molecule has 0 aromatic carbocycles. The molecule has 0 rings (SSSR count). The van der Waals surface area contributed by atoms with Crippen molar-refractivity contribution in [2.45, 2.75) is 334 Å². The first-order valence-electron chi connectivity index (χ1n) is 29.0. The molecule has 0 aliphatic rings. The van der Waals surface area contributed by atoms with Crippen LogP contribution in [0, 0.1) is 0 Å². The van der Waals surface area contributed by atoms with Gasteiger partial charge in [-0.1, -0.05) is 289 Å². The number of unbranched alkanes of at least 4 members (excludes halogenated alkanes) is 43. The number of carbonyl (C=O) groups is 2. The molecule has 0 bridgehead atoms. The molecular formula is C58H113NO5. The number of rotatable bonds is 54. The third-order valence-corrected chi connectivity index (χ3v) is 13.6. The molecule has 380 valence electrons. The minimum absolute atomic E-state index is 0.0150. The molecule has 2 unspecified atom stereocenters. The number of esters is 1. The van der Waals surface area contributed by atoms with Crippen LogP contribution in [0.4, 0.5) is 0 Å². The third-order valence-electron chi connectivity index (χ3n) is 13.6. The summed E-state index contributed by atoms with van der Waals surface area (Å²) in [5.74, 6) is -0.0547. The van der Waals surface area contributed by atoms with E-state index in [1.165, 1.54) is 257 Å². The average molecular weight is 905 g/mol. The zero-order valence-corrected chi connectivity index (χ0v) is 43.3. The molecule has 2 atom stereocenters. The predicted octanol–water partition coefficient (Wildman–Crippen LogP) is 17.7. The number of ether oxygens (including phenoxy) is 1. The first kappa shape index (κ1) is 62.6. The van der Waals surface area contributed by atoms with Crippen LogP contribution in [0.3, 0.4) is 0 Å². The molecule has 0 fully saturated rings. The monoisotopic (exact) mass is 904 g/mol. The molecule has 0 aliphatic carbocycles. The summed E-state index contributed by atoms with van der Waals surface area (Å²) in [5.41, 5.74) is 0. The largest absolute Gasteiger partial charge is 0.466 e. The van der Waals surface area contributed by atoms with E-state index >= 15 is 0 Å². The van der Waals surface area contributed by atoms with E-state index in [-0.39, 0.29) is 18.5 Å². The molecule has 0 heterocycles. The second-order valence-electron chi connectivity index (χ2n) is 20.0. The Kier molecular flexibility index (Phi) is 53.0. The lowest BCUT2D eigenvalue weighted by molar-refractivity contribution is -0.143. The number of amides is 1. The number of nitrogens with one attached hydrogen (secondary N) is 1. The van der Waals surface area contributed by atoms with E-state index in [2.05, 4.69) is 19.2 Å². The van der Waals surface area contributed by atoms with Crippen molar-refractivity contribution in [3.8, 4) is 0 Å². The standard InChI is InChI=1S/C58H113NO5/c1-3-5-7-9-11-13-15-16-17-26-29-32-36-40-44-48-52-58(63)64-53-49-45-41-37-33-30-27-24-22-20-18-19-21-23-25-28-31-35-39-43-47-51-57(62)59-55(54-60)56(61)50-46-42-38-34-14-12-10-8-6-4-2/h46,50,55-56,60-61H,3-45,47-49,51-54H2,1-2H3,(H,59,62)/b50-46+. The van der Waals surface area contributed by atoms with Gasteiger partial charge in [0.1, 0.15) is 0 Å². The van der Waals surface area contributed by atoms with E-state index in [9.17, 15) is 19.8 Å². The quantitative estimate of drug-likeness (QED) is 0.0321. The number of carbonyl (C=O) groups excluding carboxylic acids is 2. The van der Waals surface area contributed by atoms with Crippen molar-refractivity contribution in [1.82, 2.24) is 5.32 Å². The summed E-state index contributed by atoms with van der Waals surface area (Å²) in [6, 6.07) is -0.626. The first-order chi connectivity index (χ1) is 31.5. The van der Waals surface area contributed by atoms with Crippen LogP contribution in [0.15, 0.2) is 12.2 Å². The fourth-order valence-corrected chi connectivity index (χ4v) is 9.11. The average Bonchev–Trinajstić information content (AvgIpc) is 3.29. The zero-order chi connectivity index (χ0) is 46.5. The van der Waals surface area contributed by atoms with Crippen LogP contribution in [0.5, 0.6) is 0 Å². The van der Waals surface area contributed by atoms with Gasteiger partial charge in [0.05, 0.1) is 25.4 Å². The van der Waals surface area contributed by atoms with Gasteiger partial charge in [0.25, 0.3) is 0 Å². The summed E-state index contributed by atoms with van der Waals surface area (Å²) < 4.78 is 5.49. The van der Waals surface area contributed by atoms with Gasteiger partial charge in [0, 0.05) is 12.8 Å². The number of aliphatic hydroxyl groups is 2. The van der Waals surface area contributed by atoms with Crippen LogP contribution in [-0.2, 0) is 14.3 Å². The van der Waals surface area contributed by atoms with E-state index in [1.54, 1.807) is 6.08 Å². The van der Waals surface area contributed by atoms with Gasteiger partial charge in [-0.05, 0) is 32.1 Å². The number of hydrogen-bond acceptors (Lipinski definition) is 5. The fraction of sp³-hybridized carbons (Fsp3) is 0.931. The molecule has 6 heteroatoms. The highest BCUT2D eigenvalue weighted by atomic mass is 16.5. The van der Waals surface area contributed by atoms with Gasteiger partial charge >= 0.3 is 5.97 Å². The topological polar surface area (TPSA) is 95.9 Å². The van der Waals surface area contributed by atoms with Gasteiger partial charge in [-0.2, -0.15) is 0 Å². The van der Waals surface area contributed by atoms with Crippen LogP contribution in [0.25, 0.3) is 0 Å². The maximum absolute atomic E-state index is 12.4. The first-order valence-corrected chi connectivity index (χ1v) is 29.0. The van der Waals surface area contributed by atoms with Gasteiger partial charge in [0.2, 0.25) is 5.91 Å². The lowest BCUT2D eigenvalue weighted by Crippen LogP contribution is -2.45. The van der Waals surface area contributed by atoms with E-state index < -0.39 is 12.1 Å². The van der Waals surface area contributed by atoms with Crippen molar-refractivity contribution in [3.63, 3.8) is 0 Å². The lowest BCUT2D eigenvalue weighted by atomic mass is 10.0. The Bertz CT molecular complexity index is 955. The van der Waals surface area contributed by atoms with Crippen LogP contribution in [0.1, 0.15) is 322 Å². The molecule has 1 amide bonds. The van der Waals surface area contributed by atoms with Gasteiger partial charge in [0.15, 0.2) is 0 Å². The van der Waals surface area contributed by atoms with E-state index in [0.29, 0.717) is 19.4 Å². The maximum Gasteiger partial charge on any atom is 0.305 e. The highest BCUT2D eigenvalue weighted by molar-refractivity contribution is 5.76. The van der Waals surface area contributed by atoms with Crippen LogP contribution < -0.4 is 5.32 Å². The van der Waals surface area contributed by atoms with E-state index in [4.69, 9.17) is 4.74 Å². The normalized spacial score (nSPS) is 12.6. The van der Waals surface area contributed by atoms with E-state index in [0.717, 1.165) is 38.5 Å². The summed E-state index contributed by atoms with van der Waals surface area (Å²) >= 11 is 0.